The van der Waals surface area contributed by atoms with Crippen LogP contribution in [0.25, 0.3) is 11.1 Å². The fourth-order valence-electron chi connectivity index (χ4n) is 4.53. The first-order chi connectivity index (χ1) is 14.6. The van der Waals surface area contributed by atoms with Gasteiger partial charge in [0.2, 0.25) is 0 Å². The molecule has 1 saturated carbocycles. The lowest BCUT2D eigenvalue weighted by molar-refractivity contribution is -0.164. The first kappa shape index (κ1) is 21.9. The average molecular weight is 423 g/mol. The van der Waals surface area contributed by atoms with Gasteiger partial charge in [-0.2, -0.15) is 0 Å². The van der Waals surface area contributed by atoms with Crippen molar-refractivity contribution in [1.29, 1.82) is 0 Å². The number of carbonyl (C=O) groups is 1. The predicted molar refractivity (Wildman–Crippen MR) is 123 cm³/mol. The molecule has 0 saturated heterocycles. The lowest BCUT2D eigenvalue weighted by Crippen LogP contribution is -2.29. The van der Waals surface area contributed by atoms with Crippen LogP contribution in [0.5, 0.6) is 5.75 Å². The van der Waals surface area contributed by atoms with E-state index >= 15 is 0 Å². The average Bonchev–Trinajstić information content (AvgIpc) is 3.48. The zero-order valence-electron chi connectivity index (χ0n) is 19.6. The maximum Gasteiger partial charge on any atom is 0.339 e. The second-order valence-electron chi connectivity index (χ2n) is 10.2. The lowest BCUT2D eigenvalue weighted by atomic mass is 9.82. The molecule has 2 aliphatic rings. The molecule has 4 heteroatoms. The van der Waals surface area contributed by atoms with Crippen molar-refractivity contribution in [3.63, 3.8) is 0 Å². The molecule has 31 heavy (non-hydrogen) atoms. The number of esters is 1. The van der Waals surface area contributed by atoms with Crippen LogP contribution in [0.4, 0.5) is 0 Å². The molecule has 0 aromatic heterocycles. The molecule has 0 N–H and O–H groups in total. The van der Waals surface area contributed by atoms with Gasteiger partial charge >= 0.3 is 5.97 Å². The topological polar surface area (TPSA) is 44.8 Å². The monoisotopic (exact) mass is 422 g/mol. The number of rotatable bonds is 5. The molecule has 1 fully saturated rings. The SMILES string of the molecule is COC(=O)C(OC(C)(C)C)c1c(C)ccc(C2(C)CC2)c1-c1ccc2c(c1)CCCO2. The lowest BCUT2D eigenvalue weighted by Gasteiger charge is -2.31. The molecule has 2 aromatic carbocycles. The molecule has 0 radical (unpaired) electrons. The highest BCUT2D eigenvalue weighted by Gasteiger charge is 2.43. The Morgan fingerprint density at radius 2 is 1.90 bits per heavy atom. The van der Waals surface area contributed by atoms with Crippen molar-refractivity contribution < 1.29 is 19.0 Å². The van der Waals surface area contributed by atoms with Gasteiger partial charge in [-0.05, 0) is 98.7 Å². The Hall–Kier alpha value is -2.33. The maximum absolute atomic E-state index is 13.0. The highest BCUT2D eigenvalue weighted by molar-refractivity contribution is 5.84. The largest absolute Gasteiger partial charge is 0.493 e. The van der Waals surface area contributed by atoms with Gasteiger partial charge in [-0.1, -0.05) is 25.1 Å². The van der Waals surface area contributed by atoms with Crippen LogP contribution in [0.2, 0.25) is 0 Å². The molecule has 166 valence electrons. The summed E-state index contributed by atoms with van der Waals surface area (Å²) in [7, 11) is 1.43. The fourth-order valence-corrected chi connectivity index (χ4v) is 4.53. The Morgan fingerprint density at radius 1 is 1.16 bits per heavy atom. The Labute approximate surface area is 185 Å². The molecule has 1 aliphatic heterocycles. The first-order valence-corrected chi connectivity index (χ1v) is 11.3. The normalized spacial score (nSPS) is 18.0. The van der Waals surface area contributed by atoms with Crippen LogP contribution >= 0.6 is 0 Å². The Balaban J connectivity index is 1.96. The predicted octanol–water partition coefficient (Wildman–Crippen LogP) is 6.07. The summed E-state index contributed by atoms with van der Waals surface area (Å²) < 4.78 is 17.4. The van der Waals surface area contributed by atoms with Crippen LogP contribution in [-0.2, 0) is 26.1 Å². The van der Waals surface area contributed by atoms with Crippen molar-refractivity contribution in [1.82, 2.24) is 0 Å². The quantitative estimate of drug-likeness (QED) is 0.549. The van der Waals surface area contributed by atoms with Crippen molar-refractivity contribution in [2.24, 2.45) is 0 Å². The number of benzene rings is 2. The van der Waals surface area contributed by atoms with Crippen LogP contribution in [0.1, 0.15) is 75.3 Å². The van der Waals surface area contributed by atoms with Gasteiger partial charge in [-0.15, -0.1) is 0 Å². The summed E-state index contributed by atoms with van der Waals surface area (Å²) >= 11 is 0. The summed E-state index contributed by atoms with van der Waals surface area (Å²) in [6, 6.07) is 10.8. The number of fused-ring (bicyclic) bond motifs is 1. The van der Waals surface area contributed by atoms with Gasteiger partial charge in [-0.25, -0.2) is 4.79 Å². The number of hydrogen-bond acceptors (Lipinski definition) is 4. The second-order valence-corrected chi connectivity index (χ2v) is 10.2. The van der Waals surface area contributed by atoms with Gasteiger partial charge in [0.1, 0.15) is 5.75 Å². The van der Waals surface area contributed by atoms with E-state index in [1.54, 1.807) is 0 Å². The number of methoxy groups -OCH3 is 1. The van der Waals surface area contributed by atoms with Gasteiger partial charge in [0, 0.05) is 5.56 Å². The summed E-state index contributed by atoms with van der Waals surface area (Å²) in [4.78, 5) is 13.0. The molecule has 4 nitrogen and oxygen atoms in total. The second kappa shape index (κ2) is 7.98. The standard InChI is InChI=1S/C27H34O4/c1-17-9-11-20(27(5)13-14-27)23(19-10-12-21-18(16-19)8-7-15-30-21)22(17)24(25(28)29-6)31-26(2,3)4/h9-12,16,24H,7-8,13-15H2,1-6H3. The van der Waals surface area contributed by atoms with E-state index < -0.39 is 11.7 Å². The molecule has 1 aliphatic carbocycles. The van der Waals surface area contributed by atoms with E-state index in [1.165, 1.54) is 18.2 Å². The summed E-state index contributed by atoms with van der Waals surface area (Å²) in [6.45, 7) is 11.1. The van der Waals surface area contributed by atoms with Crippen molar-refractivity contribution in [2.75, 3.05) is 13.7 Å². The fraction of sp³-hybridized carbons (Fsp3) is 0.519. The number of hydrogen-bond donors (Lipinski definition) is 0. The van der Waals surface area contributed by atoms with Gasteiger partial charge in [0.05, 0.1) is 19.3 Å². The van der Waals surface area contributed by atoms with Crippen LogP contribution in [0.3, 0.4) is 0 Å². The van der Waals surface area contributed by atoms with E-state index in [2.05, 4.69) is 44.2 Å². The molecule has 0 amide bonds. The number of ether oxygens (including phenoxy) is 3. The molecule has 1 atom stereocenters. The Bertz CT molecular complexity index is 995. The third kappa shape index (κ3) is 4.36. The highest BCUT2D eigenvalue weighted by atomic mass is 16.6. The molecule has 0 bridgehead atoms. The van der Waals surface area contributed by atoms with E-state index in [0.717, 1.165) is 60.3 Å². The van der Waals surface area contributed by atoms with Gasteiger partial charge in [0.15, 0.2) is 6.10 Å². The Kier molecular flexibility index (Phi) is 5.63. The van der Waals surface area contributed by atoms with Crippen molar-refractivity contribution in [3.05, 3.63) is 52.6 Å². The summed E-state index contributed by atoms with van der Waals surface area (Å²) in [5.41, 5.74) is 6.36. The zero-order valence-corrected chi connectivity index (χ0v) is 19.6. The van der Waals surface area contributed by atoms with E-state index in [1.807, 2.05) is 20.8 Å². The molecule has 4 rings (SSSR count). The van der Waals surface area contributed by atoms with Crippen molar-refractivity contribution >= 4 is 5.97 Å². The van der Waals surface area contributed by atoms with E-state index in [4.69, 9.17) is 14.2 Å². The van der Waals surface area contributed by atoms with Crippen molar-refractivity contribution in [2.45, 2.75) is 77.4 Å². The van der Waals surface area contributed by atoms with Crippen LogP contribution < -0.4 is 4.74 Å². The van der Waals surface area contributed by atoms with Crippen molar-refractivity contribution in [3.8, 4) is 16.9 Å². The molecule has 1 heterocycles. The molecular formula is C27H34O4. The highest BCUT2D eigenvalue weighted by Crippen LogP contribution is 2.53. The van der Waals surface area contributed by atoms with Crippen LogP contribution in [0, 0.1) is 6.92 Å². The van der Waals surface area contributed by atoms with Crippen LogP contribution in [0.15, 0.2) is 30.3 Å². The molecule has 2 aromatic rings. The van der Waals surface area contributed by atoms with Gasteiger partial charge in [-0.3, -0.25) is 0 Å². The maximum atomic E-state index is 13.0. The minimum atomic E-state index is -0.783. The smallest absolute Gasteiger partial charge is 0.339 e. The summed E-state index contributed by atoms with van der Waals surface area (Å²) in [5.74, 6) is 0.609. The number of carbonyl (C=O) groups excluding carboxylic acids is 1. The Morgan fingerprint density at radius 3 is 2.55 bits per heavy atom. The summed E-state index contributed by atoms with van der Waals surface area (Å²) in [6.07, 6.45) is 3.56. The summed E-state index contributed by atoms with van der Waals surface area (Å²) in [5, 5.41) is 0. The van der Waals surface area contributed by atoms with Gasteiger partial charge < -0.3 is 14.2 Å². The van der Waals surface area contributed by atoms with E-state index in [-0.39, 0.29) is 11.4 Å². The minimum Gasteiger partial charge on any atom is -0.493 e. The minimum absolute atomic E-state index is 0.132. The molecular weight excluding hydrogens is 388 g/mol. The zero-order chi connectivity index (χ0) is 22.4. The number of aryl methyl sites for hydroxylation is 2. The van der Waals surface area contributed by atoms with Crippen LogP contribution in [-0.4, -0.2) is 25.3 Å². The van der Waals surface area contributed by atoms with E-state index in [0.29, 0.717) is 0 Å². The molecule has 1 unspecified atom stereocenters. The molecule has 0 spiro atoms. The third-order valence-corrected chi connectivity index (χ3v) is 6.46. The third-order valence-electron chi connectivity index (χ3n) is 6.46. The van der Waals surface area contributed by atoms with E-state index in [9.17, 15) is 4.79 Å². The first-order valence-electron chi connectivity index (χ1n) is 11.3. The van der Waals surface area contributed by atoms with Gasteiger partial charge in [0.25, 0.3) is 0 Å².